The first-order valence-corrected chi connectivity index (χ1v) is 11.4. The number of hydrogen-bond donors (Lipinski definition) is 2. The van der Waals surface area contributed by atoms with Crippen molar-refractivity contribution < 1.29 is 27.5 Å². The van der Waals surface area contributed by atoms with Gasteiger partial charge in [-0.1, -0.05) is 18.2 Å². The second kappa shape index (κ2) is 8.94. The van der Waals surface area contributed by atoms with Crippen molar-refractivity contribution in [1.82, 2.24) is 9.62 Å². The predicted octanol–water partition coefficient (Wildman–Crippen LogP) is 1.57. The molecule has 2 aliphatic rings. The maximum absolute atomic E-state index is 12.8. The van der Waals surface area contributed by atoms with Crippen LogP contribution in [0, 0.1) is 5.92 Å². The number of benzene rings is 2. The molecule has 0 saturated carbocycles. The molecule has 9 nitrogen and oxygen atoms in total. The number of amides is 2. The van der Waals surface area contributed by atoms with Crippen molar-refractivity contribution >= 4 is 27.5 Å². The van der Waals surface area contributed by atoms with E-state index in [1.54, 1.807) is 48.5 Å². The maximum Gasteiger partial charge on any atom is 0.243 e. The van der Waals surface area contributed by atoms with Crippen molar-refractivity contribution in [1.29, 1.82) is 0 Å². The van der Waals surface area contributed by atoms with E-state index in [1.807, 2.05) is 0 Å². The minimum atomic E-state index is -3.65. The van der Waals surface area contributed by atoms with Gasteiger partial charge in [0.2, 0.25) is 28.6 Å². The quantitative estimate of drug-likeness (QED) is 0.698. The van der Waals surface area contributed by atoms with Crippen molar-refractivity contribution in [2.75, 3.05) is 31.7 Å². The van der Waals surface area contributed by atoms with Crippen LogP contribution in [-0.2, 0) is 19.6 Å². The number of ether oxygens (including phenoxy) is 2. The molecule has 1 atom stereocenters. The summed E-state index contributed by atoms with van der Waals surface area (Å²) < 4.78 is 37.5. The summed E-state index contributed by atoms with van der Waals surface area (Å²) in [5.41, 5.74) is 0.529. The molecule has 2 aliphatic heterocycles. The summed E-state index contributed by atoms with van der Waals surface area (Å²) in [7, 11) is -3.65. The Bertz CT molecular complexity index is 1070. The molecule has 31 heavy (non-hydrogen) atoms. The standard InChI is InChI=1S/C21H23N3O6S/c25-20(23-16-8-9-18-19(11-16)30-14-29-18)12-22-21(26)15-5-4-10-24(13-15)31(27,28)17-6-2-1-3-7-17/h1-3,6-9,11,15H,4-5,10,12-14H2,(H,22,26)(H,23,25). The summed E-state index contributed by atoms with van der Waals surface area (Å²) in [6, 6.07) is 13.2. The van der Waals surface area contributed by atoms with E-state index in [1.165, 1.54) is 4.31 Å². The average Bonchev–Trinajstić information content (AvgIpc) is 3.26. The lowest BCUT2D eigenvalue weighted by molar-refractivity contribution is -0.128. The molecule has 4 rings (SSSR count). The molecule has 2 amide bonds. The highest BCUT2D eigenvalue weighted by atomic mass is 32.2. The Morgan fingerprint density at radius 3 is 2.65 bits per heavy atom. The van der Waals surface area contributed by atoms with Gasteiger partial charge in [-0.2, -0.15) is 4.31 Å². The third kappa shape index (κ3) is 4.80. The van der Waals surface area contributed by atoms with Crippen LogP contribution in [0.25, 0.3) is 0 Å². The van der Waals surface area contributed by atoms with Crippen LogP contribution in [0.2, 0.25) is 0 Å². The Morgan fingerprint density at radius 1 is 1.06 bits per heavy atom. The first kappa shape index (κ1) is 21.1. The zero-order chi connectivity index (χ0) is 21.8. The smallest absolute Gasteiger partial charge is 0.243 e. The lowest BCUT2D eigenvalue weighted by Gasteiger charge is -2.31. The molecule has 0 aromatic heterocycles. The highest BCUT2D eigenvalue weighted by Gasteiger charge is 2.33. The van der Waals surface area contributed by atoms with Crippen molar-refractivity contribution in [3.8, 4) is 11.5 Å². The highest BCUT2D eigenvalue weighted by Crippen LogP contribution is 2.34. The van der Waals surface area contributed by atoms with E-state index >= 15 is 0 Å². The monoisotopic (exact) mass is 445 g/mol. The first-order valence-electron chi connectivity index (χ1n) is 9.96. The molecule has 0 aliphatic carbocycles. The van der Waals surface area contributed by atoms with Crippen LogP contribution in [0.4, 0.5) is 5.69 Å². The first-order chi connectivity index (χ1) is 14.9. The van der Waals surface area contributed by atoms with Crippen molar-refractivity contribution in [3.05, 3.63) is 48.5 Å². The van der Waals surface area contributed by atoms with Gasteiger partial charge in [0.1, 0.15) is 0 Å². The molecule has 10 heteroatoms. The number of carbonyl (C=O) groups excluding carboxylic acids is 2. The number of carbonyl (C=O) groups is 2. The second-order valence-corrected chi connectivity index (χ2v) is 9.29. The minimum absolute atomic E-state index is 0.0901. The number of anilines is 1. The molecule has 164 valence electrons. The number of rotatable bonds is 6. The third-order valence-electron chi connectivity index (χ3n) is 5.22. The molecule has 2 aromatic carbocycles. The van der Waals surface area contributed by atoms with Gasteiger partial charge in [-0.05, 0) is 37.1 Å². The lowest BCUT2D eigenvalue weighted by Crippen LogP contribution is -2.46. The normalized spacial score (nSPS) is 18.4. The van der Waals surface area contributed by atoms with E-state index in [2.05, 4.69) is 10.6 Å². The molecule has 2 heterocycles. The van der Waals surface area contributed by atoms with Gasteiger partial charge in [-0.25, -0.2) is 8.42 Å². The van der Waals surface area contributed by atoms with Gasteiger partial charge in [-0.15, -0.1) is 0 Å². The van der Waals surface area contributed by atoms with Crippen LogP contribution in [0.3, 0.4) is 0 Å². The lowest BCUT2D eigenvalue weighted by atomic mass is 9.99. The minimum Gasteiger partial charge on any atom is -0.454 e. The number of nitrogens with one attached hydrogen (secondary N) is 2. The Labute approximate surface area is 180 Å². The van der Waals surface area contributed by atoms with E-state index < -0.39 is 21.8 Å². The van der Waals surface area contributed by atoms with Crippen molar-refractivity contribution in [2.24, 2.45) is 5.92 Å². The van der Waals surface area contributed by atoms with Crippen LogP contribution < -0.4 is 20.1 Å². The maximum atomic E-state index is 12.8. The number of piperidine rings is 1. The van der Waals surface area contributed by atoms with Crippen LogP contribution in [0.15, 0.2) is 53.4 Å². The molecule has 0 spiro atoms. The zero-order valence-electron chi connectivity index (χ0n) is 16.7. The molecule has 0 radical (unpaired) electrons. The van der Waals surface area contributed by atoms with Gasteiger partial charge in [-0.3, -0.25) is 9.59 Å². The zero-order valence-corrected chi connectivity index (χ0v) is 17.6. The SMILES string of the molecule is O=C(CNC(=O)C1CCCN(S(=O)(=O)c2ccccc2)C1)Nc1ccc2c(c1)OCO2. The molecule has 1 unspecified atom stereocenters. The van der Waals surface area contributed by atoms with Gasteiger partial charge in [0.15, 0.2) is 11.5 Å². The molecule has 2 N–H and O–H groups in total. The topological polar surface area (TPSA) is 114 Å². The van der Waals surface area contributed by atoms with Gasteiger partial charge >= 0.3 is 0 Å². The van der Waals surface area contributed by atoms with Gasteiger partial charge in [0.25, 0.3) is 0 Å². The second-order valence-electron chi connectivity index (χ2n) is 7.35. The Balaban J connectivity index is 1.30. The summed E-state index contributed by atoms with van der Waals surface area (Å²) in [5.74, 6) is -0.0847. The molecular formula is C21H23N3O6S. The highest BCUT2D eigenvalue weighted by molar-refractivity contribution is 7.89. The Hall–Kier alpha value is -3.11. The van der Waals surface area contributed by atoms with Crippen LogP contribution in [0.1, 0.15) is 12.8 Å². The van der Waals surface area contributed by atoms with Crippen LogP contribution in [0.5, 0.6) is 11.5 Å². The number of hydrogen-bond acceptors (Lipinski definition) is 6. The fraction of sp³-hybridized carbons (Fsp3) is 0.333. The van der Waals surface area contributed by atoms with E-state index in [4.69, 9.17) is 9.47 Å². The van der Waals surface area contributed by atoms with Crippen LogP contribution in [-0.4, -0.2) is 51.0 Å². The molecule has 1 fully saturated rings. The van der Waals surface area contributed by atoms with E-state index in [-0.39, 0.29) is 30.7 Å². The Kier molecular flexibility index (Phi) is 6.10. The summed E-state index contributed by atoms with van der Waals surface area (Å²) in [6.45, 7) is 0.384. The average molecular weight is 445 g/mol. The fourth-order valence-corrected chi connectivity index (χ4v) is 5.15. The largest absolute Gasteiger partial charge is 0.454 e. The Morgan fingerprint density at radius 2 is 1.84 bits per heavy atom. The van der Waals surface area contributed by atoms with Crippen molar-refractivity contribution in [2.45, 2.75) is 17.7 Å². The summed E-state index contributed by atoms with van der Waals surface area (Å²) >= 11 is 0. The third-order valence-corrected chi connectivity index (χ3v) is 7.09. The van der Waals surface area contributed by atoms with Gasteiger partial charge < -0.3 is 20.1 Å². The van der Waals surface area contributed by atoms with Gasteiger partial charge in [0, 0.05) is 24.8 Å². The number of nitrogens with zero attached hydrogens (tertiary/aromatic N) is 1. The molecule has 0 bridgehead atoms. The molecule has 2 aromatic rings. The van der Waals surface area contributed by atoms with E-state index in [0.29, 0.717) is 36.6 Å². The molecule has 1 saturated heterocycles. The summed E-state index contributed by atoms with van der Waals surface area (Å²) in [5, 5.41) is 5.30. The fourth-order valence-electron chi connectivity index (χ4n) is 3.61. The summed E-state index contributed by atoms with van der Waals surface area (Å²) in [6.07, 6.45) is 1.14. The molecular weight excluding hydrogens is 422 g/mol. The summed E-state index contributed by atoms with van der Waals surface area (Å²) in [4.78, 5) is 25.0. The number of sulfonamides is 1. The van der Waals surface area contributed by atoms with Gasteiger partial charge in [0.05, 0.1) is 17.4 Å². The van der Waals surface area contributed by atoms with Crippen molar-refractivity contribution in [3.63, 3.8) is 0 Å². The van der Waals surface area contributed by atoms with E-state index in [0.717, 1.165) is 0 Å². The van der Waals surface area contributed by atoms with Crippen LogP contribution >= 0.6 is 0 Å². The number of fused-ring (bicyclic) bond motifs is 1. The predicted molar refractivity (Wildman–Crippen MR) is 112 cm³/mol. The van der Waals surface area contributed by atoms with E-state index in [9.17, 15) is 18.0 Å².